The fraction of sp³-hybridized carbons (Fsp3) is 0. The number of carboxylic acid groups (broad SMARTS) is 1. The maximum atomic E-state index is 12.0. The molecular formula is C12H7BrClNO3S. The number of hydrogen-bond donors (Lipinski definition) is 2. The quantitative estimate of drug-likeness (QED) is 0.865. The molecule has 1 aromatic carbocycles. The number of nitrogens with one attached hydrogen (secondary N) is 1. The van der Waals surface area contributed by atoms with Crippen LogP contribution in [-0.2, 0) is 0 Å². The van der Waals surface area contributed by atoms with Crippen molar-refractivity contribution >= 4 is 56.4 Å². The first-order valence-corrected chi connectivity index (χ1v) is 7.11. The molecule has 0 spiro atoms. The normalized spacial score (nSPS) is 10.2. The summed E-state index contributed by atoms with van der Waals surface area (Å²) in [7, 11) is 0. The smallest absolute Gasteiger partial charge is 0.348 e. The van der Waals surface area contributed by atoms with Crippen LogP contribution in [0.3, 0.4) is 0 Å². The molecule has 1 aromatic heterocycles. The molecule has 19 heavy (non-hydrogen) atoms. The van der Waals surface area contributed by atoms with Crippen molar-refractivity contribution in [3.63, 3.8) is 0 Å². The second-order valence-corrected chi connectivity index (χ2v) is 5.79. The Hall–Kier alpha value is -1.37. The van der Waals surface area contributed by atoms with Gasteiger partial charge >= 0.3 is 5.97 Å². The van der Waals surface area contributed by atoms with Crippen LogP contribution in [0.15, 0.2) is 34.1 Å². The fourth-order valence-corrected chi connectivity index (χ4v) is 2.88. The summed E-state index contributed by atoms with van der Waals surface area (Å²) in [6, 6.07) is 6.39. The van der Waals surface area contributed by atoms with Crippen LogP contribution in [0, 0.1) is 0 Å². The van der Waals surface area contributed by atoms with Crippen molar-refractivity contribution in [1.82, 2.24) is 0 Å². The first kappa shape index (κ1) is 14.0. The van der Waals surface area contributed by atoms with Gasteiger partial charge in [0.2, 0.25) is 0 Å². The Morgan fingerprint density at radius 3 is 2.68 bits per heavy atom. The van der Waals surface area contributed by atoms with Crippen molar-refractivity contribution in [3.8, 4) is 0 Å². The molecule has 0 aliphatic heterocycles. The van der Waals surface area contributed by atoms with Crippen LogP contribution in [0.25, 0.3) is 0 Å². The molecule has 2 N–H and O–H groups in total. The lowest BCUT2D eigenvalue weighted by Crippen LogP contribution is -2.13. The Labute approximate surface area is 126 Å². The number of rotatable bonds is 3. The Morgan fingerprint density at radius 1 is 1.32 bits per heavy atom. The van der Waals surface area contributed by atoms with E-state index in [0.29, 0.717) is 5.02 Å². The van der Waals surface area contributed by atoms with Gasteiger partial charge in [-0.05, 0) is 29.6 Å². The fourth-order valence-electron chi connectivity index (χ4n) is 1.44. The number of aromatic carboxylic acids is 1. The zero-order valence-corrected chi connectivity index (χ0v) is 12.5. The Kier molecular flexibility index (Phi) is 4.24. The van der Waals surface area contributed by atoms with Gasteiger partial charge in [-0.2, -0.15) is 0 Å². The number of anilines is 1. The van der Waals surface area contributed by atoms with Gasteiger partial charge in [-0.25, -0.2) is 4.79 Å². The summed E-state index contributed by atoms with van der Waals surface area (Å²) in [4.78, 5) is 23.0. The van der Waals surface area contributed by atoms with Crippen molar-refractivity contribution in [1.29, 1.82) is 0 Å². The van der Waals surface area contributed by atoms with Crippen LogP contribution < -0.4 is 5.32 Å². The summed E-state index contributed by atoms with van der Waals surface area (Å²) < 4.78 is 0.760. The molecular weight excluding hydrogens is 354 g/mol. The molecule has 2 aromatic rings. The summed E-state index contributed by atoms with van der Waals surface area (Å²) in [5.74, 6) is -1.52. The second kappa shape index (κ2) is 5.73. The van der Waals surface area contributed by atoms with Gasteiger partial charge in [0, 0.05) is 4.47 Å². The predicted molar refractivity (Wildman–Crippen MR) is 78.4 cm³/mol. The van der Waals surface area contributed by atoms with Gasteiger partial charge in [-0.1, -0.05) is 27.5 Å². The van der Waals surface area contributed by atoms with Crippen molar-refractivity contribution < 1.29 is 14.7 Å². The zero-order chi connectivity index (χ0) is 14.0. The first-order chi connectivity index (χ1) is 8.99. The van der Waals surface area contributed by atoms with E-state index in [1.54, 1.807) is 29.6 Å². The summed E-state index contributed by atoms with van der Waals surface area (Å²) >= 11 is 10.3. The lowest BCUT2D eigenvalue weighted by Gasteiger charge is -2.06. The molecule has 0 saturated heterocycles. The number of carbonyl (C=O) groups excluding carboxylic acids is 1. The van der Waals surface area contributed by atoms with Gasteiger partial charge in [-0.3, -0.25) is 4.79 Å². The third kappa shape index (κ3) is 3.15. The van der Waals surface area contributed by atoms with E-state index in [0.717, 1.165) is 15.8 Å². The molecule has 0 radical (unpaired) electrons. The number of benzene rings is 1. The topological polar surface area (TPSA) is 66.4 Å². The minimum absolute atomic E-state index is 0.0848. The average molecular weight is 361 g/mol. The Morgan fingerprint density at radius 2 is 2.05 bits per heavy atom. The molecule has 0 fully saturated rings. The maximum absolute atomic E-state index is 12.0. The number of amides is 1. The maximum Gasteiger partial charge on any atom is 0.348 e. The second-order valence-electron chi connectivity index (χ2n) is 3.55. The van der Waals surface area contributed by atoms with E-state index in [4.69, 9.17) is 16.7 Å². The molecule has 2 rings (SSSR count). The lowest BCUT2D eigenvalue weighted by molar-refractivity contribution is 0.0703. The first-order valence-electron chi connectivity index (χ1n) is 5.06. The molecule has 0 aliphatic rings. The Bertz CT molecular complexity index is 656. The van der Waals surface area contributed by atoms with Crippen LogP contribution in [0.2, 0.25) is 5.02 Å². The van der Waals surface area contributed by atoms with Crippen LogP contribution in [0.4, 0.5) is 5.69 Å². The van der Waals surface area contributed by atoms with E-state index >= 15 is 0 Å². The van der Waals surface area contributed by atoms with Gasteiger partial charge in [0.25, 0.3) is 5.91 Å². The van der Waals surface area contributed by atoms with Crippen molar-refractivity contribution in [2.75, 3.05) is 5.32 Å². The monoisotopic (exact) mass is 359 g/mol. The SMILES string of the molecule is O=C(Nc1ccsc1C(=O)O)c1ccc(Br)cc1Cl. The highest BCUT2D eigenvalue weighted by atomic mass is 79.9. The van der Waals surface area contributed by atoms with Crippen molar-refractivity contribution in [2.45, 2.75) is 0 Å². The molecule has 0 atom stereocenters. The van der Waals surface area contributed by atoms with Crippen molar-refractivity contribution in [3.05, 3.63) is 49.6 Å². The molecule has 7 heteroatoms. The van der Waals surface area contributed by atoms with Crippen LogP contribution in [0.1, 0.15) is 20.0 Å². The highest BCUT2D eigenvalue weighted by Gasteiger charge is 2.16. The van der Waals surface area contributed by atoms with Crippen LogP contribution in [-0.4, -0.2) is 17.0 Å². The van der Waals surface area contributed by atoms with Crippen LogP contribution in [0.5, 0.6) is 0 Å². The number of carboxylic acids is 1. The number of thiophene rings is 1. The summed E-state index contributed by atoms with van der Waals surface area (Å²) in [5, 5.41) is 13.4. The van der Waals surface area contributed by atoms with Gasteiger partial charge in [0.05, 0.1) is 16.3 Å². The molecule has 0 aliphatic carbocycles. The Balaban J connectivity index is 2.26. The third-order valence-corrected chi connectivity index (χ3v) is 3.99. The average Bonchev–Trinajstić information content (AvgIpc) is 2.76. The zero-order valence-electron chi connectivity index (χ0n) is 9.31. The minimum atomic E-state index is -1.08. The molecule has 1 heterocycles. The van der Waals surface area contributed by atoms with Gasteiger partial charge in [0.15, 0.2) is 0 Å². The lowest BCUT2D eigenvalue weighted by atomic mass is 10.2. The van der Waals surface area contributed by atoms with Gasteiger partial charge < -0.3 is 10.4 Å². The van der Waals surface area contributed by atoms with Crippen LogP contribution >= 0.6 is 38.9 Å². The van der Waals surface area contributed by atoms with E-state index < -0.39 is 11.9 Å². The molecule has 1 amide bonds. The standard InChI is InChI=1S/C12H7BrClNO3S/c13-6-1-2-7(8(14)5-6)11(16)15-9-3-4-19-10(9)12(17)18/h1-5H,(H,15,16)(H,17,18). The van der Waals surface area contributed by atoms with Gasteiger partial charge in [0.1, 0.15) is 4.88 Å². The molecule has 98 valence electrons. The minimum Gasteiger partial charge on any atom is -0.477 e. The predicted octanol–water partition coefficient (Wildman–Crippen LogP) is 4.11. The highest BCUT2D eigenvalue weighted by molar-refractivity contribution is 9.10. The summed E-state index contributed by atoms with van der Waals surface area (Å²) in [6.07, 6.45) is 0. The van der Waals surface area contributed by atoms with E-state index in [2.05, 4.69) is 21.2 Å². The number of hydrogen-bond acceptors (Lipinski definition) is 3. The van der Waals surface area contributed by atoms with Crippen molar-refractivity contribution in [2.24, 2.45) is 0 Å². The van der Waals surface area contributed by atoms with E-state index in [9.17, 15) is 9.59 Å². The highest BCUT2D eigenvalue weighted by Crippen LogP contribution is 2.25. The summed E-state index contributed by atoms with van der Waals surface area (Å²) in [6.45, 7) is 0. The largest absolute Gasteiger partial charge is 0.477 e. The van der Waals surface area contributed by atoms with E-state index in [-0.39, 0.29) is 16.1 Å². The number of halogens is 2. The molecule has 0 saturated carbocycles. The van der Waals surface area contributed by atoms with E-state index in [1.807, 2.05) is 0 Å². The third-order valence-electron chi connectivity index (χ3n) is 2.28. The summed E-state index contributed by atoms with van der Waals surface area (Å²) in [5.41, 5.74) is 0.550. The number of carbonyl (C=O) groups is 2. The molecule has 4 nitrogen and oxygen atoms in total. The van der Waals surface area contributed by atoms with E-state index in [1.165, 1.54) is 0 Å². The molecule has 0 unspecified atom stereocenters. The van der Waals surface area contributed by atoms with Gasteiger partial charge in [-0.15, -0.1) is 11.3 Å². The molecule has 0 bridgehead atoms.